The Balaban J connectivity index is 1.55. The van der Waals surface area contributed by atoms with E-state index in [2.05, 4.69) is 10.3 Å². The highest BCUT2D eigenvalue weighted by atomic mass is 16.2. The molecule has 1 N–H and O–H groups in total. The minimum Gasteiger partial charge on any atom is -0.356 e. The maximum atomic E-state index is 11.7. The smallest absolute Gasteiger partial charge is 0.222 e. The summed E-state index contributed by atoms with van der Waals surface area (Å²) in [6.45, 7) is 2.26. The van der Waals surface area contributed by atoms with Gasteiger partial charge in [-0.2, -0.15) is 0 Å². The van der Waals surface area contributed by atoms with E-state index in [1.165, 1.54) is 0 Å². The van der Waals surface area contributed by atoms with Crippen LogP contribution in [-0.2, 0) is 16.0 Å². The number of carbonyl (C=O) groups is 2. The predicted molar refractivity (Wildman–Crippen MR) is 76.0 cm³/mol. The van der Waals surface area contributed by atoms with Gasteiger partial charge in [-0.3, -0.25) is 14.6 Å². The maximum absolute atomic E-state index is 11.7. The van der Waals surface area contributed by atoms with Crippen LogP contribution in [-0.4, -0.2) is 41.3 Å². The average molecular weight is 275 g/mol. The lowest BCUT2D eigenvalue weighted by molar-refractivity contribution is -0.127. The molecule has 2 rings (SSSR count). The van der Waals surface area contributed by atoms with Crippen molar-refractivity contribution >= 4 is 11.8 Å². The summed E-state index contributed by atoms with van der Waals surface area (Å²) in [6, 6.07) is 3.85. The molecule has 1 fully saturated rings. The zero-order valence-corrected chi connectivity index (χ0v) is 11.7. The van der Waals surface area contributed by atoms with Crippen LogP contribution in [0, 0.1) is 0 Å². The van der Waals surface area contributed by atoms with Gasteiger partial charge in [-0.15, -0.1) is 0 Å². The molecule has 20 heavy (non-hydrogen) atoms. The minimum atomic E-state index is 0.0570. The van der Waals surface area contributed by atoms with Crippen LogP contribution in [0.2, 0.25) is 0 Å². The molecule has 0 aromatic carbocycles. The topological polar surface area (TPSA) is 62.3 Å². The molecule has 0 atom stereocenters. The van der Waals surface area contributed by atoms with Crippen LogP contribution in [0.15, 0.2) is 24.5 Å². The Morgan fingerprint density at radius 3 is 3.05 bits per heavy atom. The Kier molecular flexibility index (Phi) is 5.53. The van der Waals surface area contributed by atoms with Crippen molar-refractivity contribution in [3.8, 4) is 0 Å². The first-order valence-electron chi connectivity index (χ1n) is 7.19. The summed E-state index contributed by atoms with van der Waals surface area (Å²) in [5.41, 5.74) is 1.07. The highest BCUT2D eigenvalue weighted by molar-refractivity contribution is 5.78. The van der Waals surface area contributed by atoms with Gasteiger partial charge in [-0.1, -0.05) is 6.07 Å². The van der Waals surface area contributed by atoms with E-state index < -0.39 is 0 Å². The molecular weight excluding hydrogens is 254 g/mol. The highest BCUT2D eigenvalue weighted by Gasteiger charge is 2.18. The molecule has 1 aromatic heterocycles. The number of nitrogens with zero attached hydrogens (tertiary/aromatic N) is 2. The molecule has 2 amide bonds. The molecule has 0 aliphatic carbocycles. The molecule has 1 saturated heterocycles. The third kappa shape index (κ3) is 4.64. The highest BCUT2D eigenvalue weighted by Crippen LogP contribution is 2.09. The van der Waals surface area contributed by atoms with E-state index in [1.54, 1.807) is 12.4 Å². The summed E-state index contributed by atoms with van der Waals surface area (Å²) < 4.78 is 0. The number of carbonyl (C=O) groups excluding carboxylic acids is 2. The van der Waals surface area contributed by atoms with Gasteiger partial charge in [0.2, 0.25) is 11.8 Å². The second kappa shape index (κ2) is 7.62. The summed E-state index contributed by atoms with van der Waals surface area (Å²) in [6.07, 6.45) is 7.17. The number of hydrogen-bond acceptors (Lipinski definition) is 3. The van der Waals surface area contributed by atoms with Gasteiger partial charge in [0, 0.05) is 44.9 Å². The van der Waals surface area contributed by atoms with E-state index in [0.717, 1.165) is 31.5 Å². The lowest BCUT2D eigenvalue weighted by Gasteiger charge is -2.15. The number of pyridine rings is 1. The van der Waals surface area contributed by atoms with Gasteiger partial charge in [-0.25, -0.2) is 0 Å². The van der Waals surface area contributed by atoms with Gasteiger partial charge in [0.15, 0.2) is 0 Å². The molecule has 1 aromatic rings. The Labute approximate surface area is 119 Å². The fraction of sp³-hybridized carbons (Fsp3) is 0.533. The van der Waals surface area contributed by atoms with E-state index in [9.17, 15) is 9.59 Å². The molecule has 1 aliphatic heterocycles. The number of aromatic nitrogens is 1. The van der Waals surface area contributed by atoms with Gasteiger partial charge in [0.25, 0.3) is 0 Å². The number of amides is 2. The first-order chi connectivity index (χ1) is 9.75. The molecule has 2 heterocycles. The first kappa shape index (κ1) is 14.5. The standard InChI is InChI=1S/C15H21N3O2/c19-14(7-6-13-4-1-8-16-12-13)17-9-3-11-18-10-2-5-15(18)20/h1,4,8,12H,2-3,5-7,9-11H2,(H,17,19). The zero-order valence-electron chi connectivity index (χ0n) is 11.7. The monoisotopic (exact) mass is 275 g/mol. The van der Waals surface area contributed by atoms with Gasteiger partial charge >= 0.3 is 0 Å². The predicted octanol–water partition coefficient (Wildman–Crippen LogP) is 1.14. The fourth-order valence-corrected chi connectivity index (χ4v) is 2.33. The lowest BCUT2D eigenvalue weighted by Crippen LogP contribution is -2.30. The van der Waals surface area contributed by atoms with Crippen LogP contribution in [0.25, 0.3) is 0 Å². The van der Waals surface area contributed by atoms with Gasteiger partial charge < -0.3 is 10.2 Å². The van der Waals surface area contributed by atoms with Crippen LogP contribution >= 0.6 is 0 Å². The number of likely N-dealkylation sites (tertiary alicyclic amines) is 1. The van der Waals surface area contributed by atoms with E-state index in [1.807, 2.05) is 17.0 Å². The largest absolute Gasteiger partial charge is 0.356 e. The number of nitrogens with one attached hydrogen (secondary N) is 1. The van der Waals surface area contributed by atoms with Crippen LogP contribution in [0.5, 0.6) is 0 Å². The second-order valence-electron chi connectivity index (χ2n) is 5.05. The Morgan fingerprint density at radius 1 is 1.45 bits per heavy atom. The second-order valence-corrected chi connectivity index (χ2v) is 5.05. The molecule has 0 unspecified atom stereocenters. The summed E-state index contributed by atoms with van der Waals surface area (Å²) in [4.78, 5) is 29.0. The first-order valence-corrected chi connectivity index (χ1v) is 7.19. The average Bonchev–Trinajstić information content (AvgIpc) is 2.88. The minimum absolute atomic E-state index is 0.0570. The van der Waals surface area contributed by atoms with Gasteiger partial charge in [0.05, 0.1) is 0 Å². The van der Waals surface area contributed by atoms with Crippen molar-refractivity contribution in [2.75, 3.05) is 19.6 Å². The SMILES string of the molecule is O=C(CCc1cccnc1)NCCCN1CCCC1=O. The summed E-state index contributed by atoms with van der Waals surface area (Å²) in [5, 5.41) is 2.89. The van der Waals surface area contributed by atoms with Crippen molar-refractivity contribution in [1.29, 1.82) is 0 Å². The summed E-state index contributed by atoms with van der Waals surface area (Å²) in [5.74, 6) is 0.300. The molecule has 0 bridgehead atoms. The number of rotatable bonds is 7. The molecule has 0 spiro atoms. The van der Waals surface area contributed by atoms with Crippen molar-refractivity contribution in [2.45, 2.75) is 32.1 Å². The molecule has 5 heteroatoms. The number of aryl methyl sites for hydroxylation is 1. The van der Waals surface area contributed by atoms with Crippen molar-refractivity contribution in [3.05, 3.63) is 30.1 Å². The van der Waals surface area contributed by atoms with Crippen molar-refractivity contribution in [1.82, 2.24) is 15.2 Å². The van der Waals surface area contributed by atoms with E-state index in [4.69, 9.17) is 0 Å². The molecule has 108 valence electrons. The van der Waals surface area contributed by atoms with E-state index in [-0.39, 0.29) is 11.8 Å². The van der Waals surface area contributed by atoms with Crippen LogP contribution in [0.3, 0.4) is 0 Å². The van der Waals surface area contributed by atoms with Crippen LogP contribution in [0.1, 0.15) is 31.2 Å². The molecule has 1 aliphatic rings. The maximum Gasteiger partial charge on any atom is 0.222 e. The van der Waals surface area contributed by atoms with Crippen molar-refractivity contribution < 1.29 is 9.59 Å². The Hall–Kier alpha value is -1.91. The zero-order chi connectivity index (χ0) is 14.2. The quantitative estimate of drug-likeness (QED) is 0.759. The van der Waals surface area contributed by atoms with Crippen molar-refractivity contribution in [2.24, 2.45) is 0 Å². The molecular formula is C15H21N3O2. The number of hydrogen-bond donors (Lipinski definition) is 1. The fourth-order valence-electron chi connectivity index (χ4n) is 2.33. The third-order valence-corrected chi connectivity index (χ3v) is 3.46. The van der Waals surface area contributed by atoms with Gasteiger partial charge in [0.1, 0.15) is 0 Å². The summed E-state index contributed by atoms with van der Waals surface area (Å²) >= 11 is 0. The van der Waals surface area contributed by atoms with Crippen molar-refractivity contribution in [3.63, 3.8) is 0 Å². The lowest BCUT2D eigenvalue weighted by atomic mass is 10.1. The van der Waals surface area contributed by atoms with Crippen LogP contribution in [0.4, 0.5) is 0 Å². The Morgan fingerprint density at radius 2 is 2.35 bits per heavy atom. The van der Waals surface area contributed by atoms with E-state index >= 15 is 0 Å². The molecule has 5 nitrogen and oxygen atoms in total. The molecule has 0 radical (unpaired) electrons. The van der Waals surface area contributed by atoms with Crippen LogP contribution < -0.4 is 5.32 Å². The van der Waals surface area contributed by atoms with Gasteiger partial charge in [-0.05, 0) is 30.9 Å². The van der Waals surface area contributed by atoms with E-state index in [0.29, 0.717) is 25.8 Å². The third-order valence-electron chi connectivity index (χ3n) is 3.46. The molecule has 0 saturated carbocycles. The summed E-state index contributed by atoms with van der Waals surface area (Å²) in [7, 11) is 0. The Bertz CT molecular complexity index is 448. The normalized spacial score (nSPS) is 14.6.